The Kier molecular flexibility index (Phi) is 3.38. The number of esters is 1. The van der Waals surface area contributed by atoms with Crippen LogP contribution in [0.25, 0.3) is 11.1 Å². The molecule has 1 heterocycles. The minimum Gasteiger partial charge on any atom is -0.464 e. The van der Waals surface area contributed by atoms with Crippen molar-refractivity contribution >= 4 is 21.9 Å². The van der Waals surface area contributed by atoms with Crippen molar-refractivity contribution in [3.63, 3.8) is 0 Å². The normalized spacial score (nSPS) is 10.4. The van der Waals surface area contributed by atoms with Crippen LogP contribution in [-0.4, -0.2) is 17.8 Å². The van der Waals surface area contributed by atoms with Crippen LogP contribution in [0.3, 0.4) is 0 Å². The average molecular weight is 313 g/mol. The molecule has 0 saturated carbocycles. The molecule has 0 atom stereocenters. The lowest BCUT2D eigenvalue weighted by Gasteiger charge is -2.01. The van der Waals surface area contributed by atoms with Gasteiger partial charge in [-0.2, -0.15) is 0 Å². The Hall–Kier alpha value is -1.82. The number of nitrogens with two attached hydrogens (primary N) is 1. The molecular weight excluding hydrogens is 303 g/mol. The number of benzene rings is 1. The predicted octanol–water partition coefficient (Wildman–Crippen LogP) is 2.56. The first kappa shape index (κ1) is 12.6. The van der Waals surface area contributed by atoms with Crippen LogP contribution >= 0.6 is 15.9 Å². The van der Waals surface area contributed by atoms with Crippen molar-refractivity contribution < 1.29 is 13.9 Å². The number of rotatable bonds is 2. The fraction of sp³-hybridized carbons (Fsp3) is 0.0833. The standard InChI is InChI=1S/C12H10BrFN2O2/c1-18-12(17)11-10(13)9(6-16(11)15)7-2-4-8(14)5-3-7/h2-6H,15H2,1H3. The quantitative estimate of drug-likeness (QED) is 0.685. The summed E-state index contributed by atoms with van der Waals surface area (Å²) in [6.07, 6.45) is 1.57. The second-order valence-electron chi connectivity index (χ2n) is 3.61. The van der Waals surface area contributed by atoms with Crippen LogP contribution in [0.15, 0.2) is 34.9 Å². The Morgan fingerprint density at radius 1 is 1.39 bits per heavy atom. The lowest BCUT2D eigenvalue weighted by atomic mass is 10.1. The van der Waals surface area contributed by atoms with E-state index < -0.39 is 5.97 Å². The molecule has 1 aromatic carbocycles. The van der Waals surface area contributed by atoms with E-state index in [1.54, 1.807) is 18.3 Å². The van der Waals surface area contributed by atoms with Crippen LogP contribution in [0, 0.1) is 5.82 Å². The molecule has 0 amide bonds. The highest BCUT2D eigenvalue weighted by Crippen LogP contribution is 2.32. The SMILES string of the molecule is COC(=O)c1c(Br)c(-c2ccc(F)cc2)cn1N. The number of nitrogens with zero attached hydrogens (tertiary/aromatic N) is 1. The molecule has 1 aromatic heterocycles. The minimum absolute atomic E-state index is 0.205. The van der Waals surface area contributed by atoms with Gasteiger partial charge in [0.1, 0.15) is 5.82 Å². The number of aromatic nitrogens is 1. The van der Waals surface area contributed by atoms with Gasteiger partial charge >= 0.3 is 5.97 Å². The number of ether oxygens (including phenoxy) is 1. The van der Waals surface area contributed by atoms with Crippen LogP contribution in [-0.2, 0) is 4.74 Å². The number of nitrogen functional groups attached to an aromatic ring is 1. The van der Waals surface area contributed by atoms with E-state index in [-0.39, 0.29) is 11.5 Å². The molecule has 0 spiro atoms. The third kappa shape index (κ3) is 2.11. The predicted molar refractivity (Wildman–Crippen MR) is 69.0 cm³/mol. The zero-order valence-corrected chi connectivity index (χ0v) is 11.1. The Balaban J connectivity index is 2.53. The Morgan fingerprint density at radius 3 is 2.56 bits per heavy atom. The number of hydrogen-bond acceptors (Lipinski definition) is 3. The molecule has 0 radical (unpaired) electrons. The molecule has 0 fully saturated rings. The zero-order chi connectivity index (χ0) is 13.3. The van der Waals surface area contributed by atoms with Gasteiger partial charge in [0.2, 0.25) is 0 Å². The van der Waals surface area contributed by atoms with E-state index in [0.717, 1.165) is 5.56 Å². The molecule has 94 valence electrons. The molecule has 4 nitrogen and oxygen atoms in total. The molecule has 0 aliphatic heterocycles. The second kappa shape index (κ2) is 4.81. The molecule has 0 aliphatic rings. The van der Waals surface area contributed by atoms with Crippen LogP contribution in [0.1, 0.15) is 10.5 Å². The van der Waals surface area contributed by atoms with Crippen molar-refractivity contribution in [2.75, 3.05) is 13.0 Å². The molecule has 2 rings (SSSR count). The molecule has 0 aliphatic carbocycles. The average Bonchev–Trinajstić information content (AvgIpc) is 2.65. The second-order valence-corrected chi connectivity index (χ2v) is 4.40. The number of hydrogen-bond donors (Lipinski definition) is 1. The summed E-state index contributed by atoms with van der Waals surface area (Å²) in [4.78, 5) is 11.5. The van der Waals surface area contributed by atoms with Gasteiger partial charge in [-0.05, 0) is 33.6 Å². The summed E-state index contributed by atoms with van der Waals surface area (Å²) in [6.45, 7) is 0. The molecule has 0 bridgehead atoms. The summed E-state index contributed by atoms with van der Waals surface area (Å²) in [5.41, 5.74) is 1.65. The maximum absolute atomic E-state index is 12.9. The fourth-order valence-corrected chi connectivity index (χ4v) is 2.32. The summed E-state index contributed by atoms with van der Waals surface area (Å²) in [5.74, 6) is 4.83. The Morgan fingerprint density at radius 2 is 2.00 bits per heavy atom. The third-order valence-corrected chi connectivity index (χ3v) is 3.31. The molecule has 0 unspecified atom stereocenters. The largest absolute Gasteiger partial charge is 0.464 e. The lowest BCUT2D eigenvalue weighted by molar-refractivity contribution is 0.0590. The van der Waals surface area contributed by atoms with Crippen molar-refractivity contribution in [2.24, 2.45) is 0 Å². The van der Waals surface area contributed by atoms with Crippen LogP contribution < -0.4 is 5.84 Å². The monoisotopic (exact) mass is 312 g/mol. The topological polar surface area (TPSA) is 57.2 Å². The van der Waals surface area contributed by atoms with E-state index >= 15 is 0 Å². The molecule has 2 N–H and O–H groups in total. The van der Waals surface area contributed by atoms with Crippen molar-refractivity contribution in [1.29, 1.82) is 0 Å². The number of carbonyl (C=O) groups excluding carboxylic acids is 1. The number of halogens is 2. The maximum Gasteiger partial charge on any atom is 0.357 e. The zero-order valence-electron chi connectivity index (χ0n) is 9.48. The van der Waals surface area contributed by atoms with Crippen LogP contribution in [0.5, 0.6) is 0 Å². The van der Waals surface area contributed by atoms with E-state index in [4.69, 9.17) is 5.84 Å². The Bertz CT molecular complexity index is 593. The van der Waals surface area contributed by atoms with Gasteiger partial charge in [-0.1, -0.05) is 12.1 Å². The van der Waals surface area contributed by atoms with Gasteiger partial charge in [-0.25, -0.2) is 9.18 Å². The van der Waals surface area contributed by atoms with Crippen molar-refractivity contribution in [3.05, 3.63) is 46.4 Å². The van der Waals surface area contributed by atoms with Crippen molar-refractivity contribution in [1.82, 2.24) is 4.68 Å². The van der Waals surface area contributed by atoms with E-state index in [2.05, 4.69) is 20.7 Å². The minimum atomic E-state index is -0.544. The van der Waals surface area contributed by atoms with Crippen molar-refractivity contribution in [2.45, 2.75) is 0 Å². The highest BCUT2D eigenvalue weighted by atomic mass is 79.9. The van der Waals surface area contributed by atoms with Gasteiger partial charge in [0.25, 0.3) is 0 Å². The van der Waals surface area contributed by atoms with Crippen LogP contribution in [0.4, 0.5) is 4.39 Å². The summed E-state index contributed by atoms with van der Waals surface area (Å²) < 4.78 is 19.2. The van der Waals surface area contributed by atoms with E-state index in [0.29, 0.717) is 10.0 Å². The van der Waals surface area contributed by atoms with E-state index in [1.807, 2.05) is 0 Å². The number of methoxy groups -OCH3 is 1. The smallest absolute Gasteiger partial charge is 0.357 e. The maximum atomic E-state index is 12.9. The van der Waals surface area contributed by atoms with Crippen molar-refractivity contribution in [3.8, 4) is 11.1 Å². The molecule has 2 aromatic rings. The highest BCUT2D eigenvalue weighted by Gasteiger charge is 2.20. The molecular formula is C12H10BrFN2O2. The van der Waals surface area contributed by atoms with Gasteiger partial charge in [-0.3, -0.25) is 4.68 Å². The summed E-state index contributed by atoms with van der Waals surface area (Å²) in [5, 5.41) is 0. The van der Waals surface area contributed by atoms with E-state index in [1.165, 1.54) is 23.9 Å². The number of carbonyl (C=O) groups is 1. The summed E-state index contributed by atoms with van der Waals surface area (Å²) >= 11 is 3.30. The first-order chi connectivity index (χ1) is 8.54. The third-order valence-electron chi connectivity index (χ3n) is 2.50. The van der Waals surface area contributed by atoms with E-state index in [9.17, 15) is 9.18 Å². The van der Waals surface area contributed by atoms with Crippen LogP contribution in [0.2, 0.25) is 0 Å². The summed E-state index contributed by atoms with van der Waals surface area (Å²) in [7, 11) is 1.28. The first-order valence-corrected chi connectivity index (χ1v) is 5.84. The molecule has 6 heteroatoms. The fourth-order valence-electron chi connectivity index (χ4n) is 1.62. The van der Waals surface area contributed by atoms with Gasteiger partial charge in [0.05, 0.1) is 11.6 Å². The Labute approximate surface area is 111 Å². The van der Waals surface area contributed by atoms with Gasteiger partial charge in [0, 0.05) is 11.8 Å². The molecule has 0 saturated heterocycles. The summed E-state index contributed by atoms with van der Waals surface area (Å²) in [6, 6.07) is 5.90. The van der Waals surface area contributed by atoms with Gasteiger partial charge < -0.3 is 10.6 Å². The lowest BCUT2D eigenvalue weighted by Crippen LogP contribution is -2.16. The highest BCUT2D eigenvalue weighted by molar-refractivity contribution is 9.10. The molecule has 18 heavy (non-hydrogen) atoms. The first-order valence-electron chi connectivity index (χ1n) is 5.04. The van der Waals surface area contributed by atoms with Gasteiger partial charge in [-0.15, -0.1) is 0 Å². The van der Waals surface area contributed by atoms with Gasteiger partial charge in [0.15, 0.2) is 5.69 Å².